The second kappa shape index (κ2) is 31.5. The molecule has 2 aromatic carbocycles. The van der Waals surface area contributed by atoms with Crippen molar-refractivity contribution in [3.63, 3.8) is 0 Å². The molecular weight excluding hydrogens is 1260 g/mol. The minimum absolute atomic E-state index is 0.0123. The van der Waals surface area contributed by atoms with Crippen LogP contribution in [-0.2, 0) is 33.1 Å². The predicted molar refractivity (Wildman–Crippen MR) is 405 cm³/mol. The van der Waals surface area contributed by atoms with Gasteiger partial charge in [0.1, 0.15) is 9.75 Å². The van der Waals surface area contributed by atoms with E-state index in [1.165, 1.54) is 204 Å². The number of hydrogen-bond acceptors (Lipinski definition) is 12. The molecule has 0 fully saturated rings. The largest absolute Gasteiger partial charge is 0.462 e. The van der Waals surface area contributed by atoms with E-state index < -0.39 is 0 Å². The Balaban J connectivity index is 1.17. The Morgan fingerprint density at radius 3 is 1.07 bits per heavy atom. The molecule has 12 heteroatoms. The van der Waals surface area contributed by atoms with Crippen molar-refractivity contribution in [2.75, 3.05) is 13.2 Å². The van der Waals surface area contributed by atoms with Gasteiger partial charge < -0.3 is 9.47 Å². The first kappa shape index (κ1) is 68.9. The van der Waals surface area contributed by atoms with Gasteiger partial charge in [-0.1, -0.05) is 199 Å². The minimum Gasteiger partial charge on any atom is -0.462 e. The highest BCUT2D eigenvalue weighted by Gasteiger charge is 2.31. The molecule has 90 heavy (non-hydrogen) atoms. The van der Waals surface area contributed by atoms with Crippen molar-refractivity contribution in [2.24, 2.45) is 11.8 Å². The van der Waals surface area contributed by atoms with E-state index in [1.807, 2.05) is 80.2 Å². The molecule has 0 N–H and O–H groups in total. The van der Waals surface area contributed by atoms with E-state index in [0.29, 0.717) is 34.8 Å². The molecule has 8 heterocycles. The van der Waals surface area contributed by atoms with Gasteiger partial charge in [0.25, 0.3) is 0 Å². The molecule has 0 aliphatic rings. The summed E-state index contributed by atoms with van der Waals surface area (Å²) in [6.07, 6.45) is 26.0. The Morgan fingerprint density at radius 2 is 0.700 bits per heavy atom. The van der Waals surface area contributed by atoms with E-state index >= 15 is 0 Å². The molecule has 8 aromatic heterocycles. The summed E-state index contributed by atoms with van der Waals surface area (Å²) in [7, 11) is 0. The lowest BCUT2D eigenvalue weighted by molar-refractivity contribution is 0.0494. The van der Waals surface area contributed by atoms with Crippen LogP contribution in [0.5, 0.6) is 0 Å². The highest BCUT2D eigenvalue weighted by atomic mass is 32.1. The molecule has 0 bridgehead atoms. The number of benzene rings is 2. The number of unbranched alkanes of at least 4 members (excludes halogenated alkanes) is 12. The zero-order valence-electron chi connectivity index (χ0n) is 56.0. The van der Waals surface area contributed by atoms with Crippen molar-refractivity contribution >= 4 is 143 Å². The van der Waals surface area contributed by atoms with Crippen LogP contribution in [0.15, 0.2) is 72.8 Å². The fourth-order valence-corrected chi connectivity index (χ4v) is 22.3. The molecule has 0 saturated heterocycles. The van der Waals surface area contributed by atoms with Crippen molar-refractivity contribution in [2.45, 2.75) is 235 Å². The zero-order chi connectivity index (χ0) is 63.7. The fraction of sp³-hybridized carbons (Fsp3) is 0.513. The third-order valence-electron chi connectivity index (χ3n) is 18.1. The molecular formula is C78H98O4S8. The van der Waals surface area contributed by atoms with Gasteiger partial charge in [0, 0.05) is 111 Å². The number of thiophene rings is 8. The van der Waals surface area contributed by atoms with Gasteiger partial charge in [-0.15, -0.1) is 90.7 Å². The molecule has 0 amide bonds. The standard InChI is InChI=1S/C78H98O4S8/c1-13-19-23-25-27-29-41-81-75(79)61-39-37-59(85-61)68-54-46-64(88-72(54)70(56-48-66(78(10,11)12)90-74(56)68)60-38-40-62(86-60)76(80)82-42-30-28-26-24-20-14-2)63-45-53-67(57-35-33-51(83-57)43-49(17-5)31-21-15-3)73-55(47-65(89-73)77(7,8)9)69(71(53)87-63)58-36-34-52(84-58)44-50(18-6)32-22-16-4/h33-40,45-50H,13-32,41-44H2,1-12H3. The third kappa shape index (κ3) is 16.0. The Morgan fingerprint density at radius 1 is 0.367 bits per heavy atom. The van der Waals surface area contributed by atoms with Crippen LogP contribution in [0.25, 0.3) is 91.9 Å². The number of rotatable bonds is 33. The second-order valence-electron chi connectivity index (χ2n) is 27.3. The quantitative estimate of drug-likeness (QED) is 0.0304. The maximum atomic E-state index is 13.9. The number of carbonyl (C=O) groups excluding carboxylic acids is 2. The number of esters is 2. The van der Waals surface area contributed by atoms with Gasteiger partial charge in [-0.3, -0.25) is 0 Å². The maximum Gasteiger partial charge on any atom is 0.348 e. The summed E-state index contributed by atoms with van der Waals surface area (Å²) >= 11 is 14.9. The lowest BCUT2D eigenvalue weighted by Gasteiger charge is -2.15. The molecule has 0 spiro atoms. The van der Waals surface area contributed by atoms with Crippen LogP contribution in [0.1, 0.15) is 250 Å². The number of fused-ring (bicyclic) bond motifs is 4. The summed E-state index contributed by atoms with van der Waals surface area (Å²) in [5.74, 6) is 0.901. The molecule has 482 valence electrons. The number of carbonyl (C=O) groups is 2. The van der Waals surface area contributed by atoms with E-state index in [9.17, 15) is 9.59 Å². The predicted octanol–water partition coefficient (Wildman–Crippen LogP) is 28.3. The molecule has 0 radical (unpaired) electrons. The van der Waals surface area contributed by atoms with E-state index in [2.05, 4.69) is 144 Å². The number of ether oxygens (including phenoxy) is 2. The lowest BCUT2D eigenvalue weighted by atomic mass is 9.93. The first-order valence-electron chi connectivity index (χ1n) is 34.3. The lowest BCUT2D eigenvalue weighted by Crippen LogP contribution is -2.07. The van der Waals surface area contributed by atoms with Crippen LogP contribution in [0.3, 0.4) is 0 Å². The average molecular weight is 1360 g/mol. The van der Waals surface area contributed by atoms with Gasteiger partial charge in [0.05, 0.1) is 13.2 Å². The monoisotopic (exact) mass is 1350 g/mol. The van der Waals surface area contributed by atoms with E-state index in [4.69, 9.17) is 9.47 Å². The summed E-state index contributed by atoms with van der Waals surface area (Å²) < 4.78 is 17.2. The summed E-state index contributed by atoms with van der Waals surface area (Å²) in [4.78, 5) is 42.2. The number of hydrogen-bond donors (Lipinski definition) is 0. The zero-order valence-corrected chi connectivity index (χ0v) is 62.5. The van der Waals surface area contributed by atoms with Crippen LogP contribution in [0, 0.1) is 11.8 Å². The molecule has 0 aliphatic carbocycles. The van der Waals surface area contributed by atoms with Crippen molar-refractivity contribution < 1.29 is 19.1 Å². The first-order valence-corrected chi connectivity index (χ1v) is 40.8. The summed E-state index contributed by atoms with van der Waals surface area (Å²) in [6, 6.07) is 28.1. The van der Waals surface area contributed by atoms with Crippen LogP contribution >= 0.6 is 90.7 Å². The van der Waals surface area contributed by atoms with E-state index in [-0.39, 0.29) is 22.8 Å². The highest BCUT2D eigenvalue weighted by molar-refractivity contribution is 7.30. The van der Waals surface area contributed by atoms with Crippen LogP contribution in [-0.4, -0.2) is 25.2 Å². The van der Waals surface area contributed by atoms with E-state index in [0.717, 1.165) is 48.3 Å². The third-order valence-corrected chi connectivity index (χ3v) is 28.2. The van der Waals surface area contributed by atoms with E-state index in [1.54, 1.807) is 22.7 Å². The molecule has 4 nitrogen and oxygen atoms in total. The summed E-state index contributed by atoms with van der Waals surface area (Å²) in [5.41, 5.74) is 4.98. The molecule has 2 unspecified atom stereocenters. The first-order chi connectivity index (χ1) is 43.5. The van der Waals surface area contributed by atoms with Gasteiger partial charge >= 0.3 is 11.9 Å². The van der Waals surface area contributed by atoms with Crippen LogP contribution in [0.4, 0.5) is 0 Å². The Bertz CT molecular complexity index is 3750. The molecule has 0 aliphatic heterocycles. The van der Waals surface area contributed by atoms with Gasteiger partial charge in [-0.05, 0) is 121 Å². The normalized spacial score (nSPS) is 13.1. The summed E-state index contributed by atoms with van der Waals surface area (Å²) in [6.45, 7) is 28.8. The Hall–Kier alpha value is -3.98. The van der Waals surface area contributed by atoms with Crippen molar-refractivity contribution in [3.8, 4) is 51.5 Å². The van der Waals surface area contributed by atoms with Crippen LogP contribution < -0.4 is 0 Å². The average Bonchev–Trinajstić information content (AvgIpc) is 1.55. The molecule has 2 atom stereocenters. The molecule has 10 rings (SSSR count). The second-order valence-corrected chi connectivity index (χ2v) is 36.0. The minimum atomic E-state index is -0.239. The van der Waals surface area contributed by atoms with Crippen molar-refractivity contribution in [1.29, 1.82) is 0 Å². The Kier molecular flexibility index (Phi) is 24.1. The smallest absolute Gasteiger partial charge is 0.348 e. The van der Waals surface area contributed by atoms with Gasteiger partial charge in [0.2, 0.25) is 0 Å². The highest BCUT2D eigenvalue weighted by Crippen LogP contribution is 2.58. The van der Waals surface area contributed by atoms with Crippen molar-refractivity contribution in [3.05, 3.63) is 102 Å². The van der Waals surface area contributed by atoms with Gasteiger partial charge in [-0.2, -0.15) is 0 Å². The summed E-state index contributed by atoms with van der Waals surface area (Å²) in [5, 5.41) is 5.09. The molecule has 0 saturated carbocycles. The SMILES string of the molecule is CCCCCCCCOC(=O)c1ccc(-c2c3cc(C(C)(C)C)sc3c(-c3ccc(C(=O)OCCCCCCCC)s3)c3cc(-c4cc5c(-c6ccc(CC(CC)CCCC)s6)c6sc(C(C)(C)C)cc6c(-c6ccc(CC(CC)CCCC)s6)c5s4)sc23)s1. The Labute approximate surface area is 570 Å². The van der Waals surface area contributed by atoms with Crippen LogP contribution in [0.2, 0.25) is 0 Å². The van der Waals surface area contributed by atoms with Crippen molar-refractivity contribution in [1.82, 2.24) is 0 Å². The maximum absolute atomic E-state index is 13.9. The fourth-order valence-electron chi connectivity index (χ4n) is 12.6. The van der Waals surface area contributed by atoms with Gasteiger partial charge in [0.15, 0.2) is 0 Å². The molecule has 10 aromatic rings. The van der Waals surface area contributed by atoms with Gasteiger partial charge in [-0.25, -0.2) is 9.59 Å². The topological polar surface area (TPSA) is 52.6 Å².